The first-order chi connectivity index (χ1) is 14.2. The topological polar surface area (TPSA) is 61.4 Å². The highest BCUT2D eigenvalue weighted by Crippen LogP contribution is 2.19. The third-order valence-electron chi connectivity index (χ3n) is 5.13. The number of pyridine rings is 2. The zero-order valence-electron chi connectivity index (χ0n) is 16.6. The third kappa shape index (κ3) is 4.71. The molecule has 1 amide bonds. The van der Waals surface area contributed by atoms with E-state index >= 15 is 0 Å². The summed E-state index contributed by atoms with van der Waals surface area (Å²) in [6.07, 6.45) is 5.27. The van der Waals surface area contributed by atoms with Crippen LogP contribution in [0.3, 0.4) is 0 Å². The predicted molar refractivity (Wildman–Crippen MR) is 115 cm³/mol. The van der Waals surface area contributed by atoms with E-state index in [1.54, 1.807) is 12.4 Å². The summed E-state index contributed by atoms with van der Waals surface area (Å²) in [4.78, 5) is 25.6. The quantitative estimate of drug-likeness (QED) is 0.727. The van der Waals surface area contributed by atoms with Gasteiger partial charge in [-0.25, -0.2) is 0 Å². The molecule has 0 saturated carbocycles. The molecule has 29 heavy (non-hydrogen) atoms. The van der Waals surface area contributed by atoms with E-state index < -0.39 is 0 Å². The fourth-order valence-corrected chi connectivity index (χ4v) is 3.52. The molecule has 6 heteroatoms. The summed E-state index contributed by atoms with van der Waals surface area (Å²) in [7, 11) is 0. The monoisotopic (exact) mass is 387 g/mol. The molecule has 148 valence electrons. The van der Waals surface area contributed by atoms with Crippen molar-refractivity contribution in [1.82, 2.24) is 14.9 Å². The van der Waals surface area contributed by atoms with Gasteiger partial charge in [-0.2, -0.15) is 0 Å². The number of carbonyl (C=O) groups excluding carboxylic acids is 1. The van der Waals surface area contributed by atoms with E-state index in [9.17, 15) is 4.79 Å². The van der Waals surface area contributed by atoms with Crippen LogP contribution in [0, 0.1) is 6.92 Å². The van der Waals surface area contributed by atoms with Crippen molar-refractivity contribution in [3.8, 4) is 0 Å². The Kier molecular flexibility index (Phi) is 5.70. The highest BCUT2D eigenvalue weighted by atomic mass is 16.2. The summed E-state index contributed by atoms with van der Waals surface area (Å²) in [5, 5.41) is 3.33. The number of piperazine rings is 1. The van der Waals surface area contributed by atoms with Gasteiger partial charge in [-0.3, -0.25) is 14.8 Å². The van der Waals surface area contributed by atoms with Gasteiger partial charge in [-0.15, -0.1) is 0 Å². The Morgan fingerprint density at radius 2 is 1.90 bits per heavy atom. The van der Waals surface area contributed by atoms with Gasteiger partial charge >= 0.3 is 0 Å². The van der Waals surface area contributed by atoms with Gasteiger partial charge in [0.25, 0.3) is 5.91 Å². The molecule has 4 rings (SSSR count). The minimum Gasteiger partial charge on any atom is -0.381 e. The van der Waals surface area contributed by atoms with Crippen molar-refractivity contribution in [2.75, 3.05) is 36.4 Å². The van der Waals surface area contributed by atoms with Crippen molar-refractivity contribution >= 4 is 17.3 Å². The van der Waals surface area contributed by atoms with Gasteiger partial charge in [0.1, 0.15) is 5.69 Å². The fraction of sp³-hybridized carbons (Fsp3) is 0.261. The molecule has 1 aliphatic heterocycles. The van der Waals surface area contributed by atoms with Gasteiger partial charge in [-0.05, 0) is 48.4 Å². The van der Waals surface area contributed by atoms with Gasteiger partial charge in [0.2, 0.25) is 0 Å². The van der Waals surface area contributed by atoms with Crippen molar-refractivity contribution in [2.45, 2.75) is 13.5 Å². The molecule has 0 radical (unpaired) electrons. The van der Waals surface area contributed by atoms with E-state index in [4.69, 9.17) is 0 Å². The Morgan fingerprint density at radius 3 is 2.66 bits per heavy atom. The Balaban J connectivity index is 1.36. The van der Waals surface area contributed by atoms with Crippen molar-refractivity contribution in [3.05, 3.63) is 83.9 Å². The number of hydrogen-bond donors (Lipinski definition) is 1. The summed E-state index contributed by atoms with van der Waals surface area (Å²) >= 11 is 0. The minimum atomic E-state index is -0.0149. The lowest BCUT2D eigenvalue weighted by molar-refractivity contribution is 0.0741. The van der Waals surface area contributed by atoms with E-state index in [2.05, 4.69) is 51.4 Å². The van der Waals surface area contributed by atoms with Crippen LogP contribution in [0.1, 0.15) is 21.6 Å². The van der Waals surface area contributed by atoms with E-state index in [-0.39, 0.29) is 5.91 Å². The summed E-state index contributed by atoms with van der Waals surface area (Å²) in [5.41, 5.74) is 4.91. The lowest BCUT2D eigenvalue weighted by Crippen LogP contribution is -2.49. The number of benzene rings is 1. The second-order valence-corrected chi connectivity index (χ2v) is 7.26. The highest BCUT2D eigenvalue weighted by Gasteiger charge is 2.23. The van der Waals surface area contributed by atoms with Crippen LogP contribution in [0.25, 0.3) is 0 Å². The molecule has 0 unspecified atom stereocenters. The maximum Gasteiger partial charge on any atom is 0.272 e. The smallest absolute Gasteiger partial charge is 0.272 e. The zero-order valence-corrected chi connectivity index (χ0v) is 16.6. The zero-order chi connectivity index (χ0) is 20.1. The molecule has 0 spiro atoms. The molecular formula is C23H25N5O. The molecule has 1 saturated heterocycles. The molecule has 1 fully saturated rings. The molecule has 1 N–H and O–H groups in total. The van der Waals surface area contributed by atoms with E-state index in [0.717, 1.165) is 24.3 Å². The van der Waals surface area contributed by atoms with Gasteiger partial charge in [0.05, 0.1) is 0 Å². The summed E-state index contributed by atoms with van der Waals surface area (Å²) < 4.78 is 0. The SMILES string of the molecule is Cc1cccc(N2CCN(C(=O)c3cc(NCc4cccnc4)ccn3)CC2)c1. The van der Waals surface area contributed by atoms with E-state index in [0.29, 0.717) is 25.3 Å². The molecule has 2 aromatic heterocycles. The predicted octanol–water partition coefficient (Wildman–Crippen LogP) is 3.36. The van der Waals surface area contributed by atoms with Gasteiger partial charge < -0.3 is 15.1 Å². The third-order valence-corrected chi connectivity index (χ3v) is 5.13. The summed E-state index contributed by atoms with van der Waals surface area (Å²) in [5.74, 6) is -0.0149. The second kappa shape index (κ2) is 8.73. The first kappa shape index (κ1) is 18.9. The number of aromatic nitrogens is 2. The molecule has 0 aliphatic carbocycles. The molecular weight excluding hydrogens is 362 g/mol. The summed E-state index contributed by atoms with van der Waals surface area (Å²) in [6, 6.07) is 16.1. The second-order valence-electron chi connectivity index (χ2n) is 7.26. The molecule has 3 heterocycles. The van der Waals surface area contributed by atoms with Crippen molar-refractivity contribution < 1.29 is 4.79 Å². The van der Waals surface area contributed by atoms with Crippen LogP contribution in [-0.4, -0.2) is 47.0 Å². The van der Waals surface area contributed by atoms with Crippen LogP contribution in [-0.2, 0) is 6.54 Å². The average Bonchev–Trinajstić information content (AvgIpc) is 2.78. The number of carbonyl (C=O) groups is 1. The van der Waals surface area contributed by atoms with Gasteiger partial charge in [-0.1, -0.05) is 18.2 Å². The van der Waals surface area contributed by atoms with Crippen LogP contribution in [0.2, 0.25) is 0 Å². The number of anilines is 2. The number of aryl methyl sites for hydroxylation is 1. The maximum absolute atomic E-state index is 12.9. The first-order valence-electron chi connectivity index (χ1n) is 9.89. The Labute approximate surface area is 171 Å². The number of rotatable bonds is 5. The van der Waals surface area contributed by atoms with E-state index in [1.165, 1.54) is 11.3 Å². The maximum atomic E-state index is 12.9. The highest BCUT2D eigenvalue weighted by molar-refractivity contribution is 5.93. The number of nitrogens with zero attached hydrogens (tertiary/aromatic N) is 4. The standard InChI is InChI=1S/C23H25N5O/c1-18-4-2-6-21(14-18)27-10-12-28(13-11-27)23(29)22-15-20(7-9-25-22)26-17-19-5-3-8-24-16-19/h2-9,14-16H,10-13,17H2,1H3,(H,25,26). The number of amides is 1. The van der Waals surface area contributed by atoms with Crippen LogP contribution in [0.4, 0.5) is 11.4 Å². The van der Waals surface area contributed by atoms with Crippen molar-refractivity contribution in [1.29, 1.82) is 0 Å². The van der Waals surface area contributed by atoms with Crippen LogP contribution in [0.5, 0.6) is 0 Å². The first-order valence-corrected chi connectivity index (χ1v) is 9.89. The van der Waals surface area contributed by atoms with Gasteiger partial charge in [0.15, 0.2) is 0 Å². The summed E-state index contributed by atoms with van der Waals surface area (Å²) in [6.45, 7) is 5.80. The Bertz CT molecular complexity index is 968. The largest absolute Gasteiger partial charge is 0.381 e. The van der Waals surface area contributed by atoms with Crippen LogP contribution in [0.15, 0.2) is 67.1 Å². The Morgan fingerprint density at radius 1 is 1.03 bits per heavy atom. The molecule has 3 aromatic rings. The number of nitrogens with one attached hydrogen (secondary N) is 1. The fourth-order valence-electron chi connectivity index (χ4n) is 3.52. The van der Waals surface area contributed by atoms with Gasteiger partial charge in [0, 0.05) is 62.7 Å². The lowest BCUT2D eigenvalue weighted by Gasteiger charge is -2.36. The molecule has 0 atom stereocenters. The van der Waals surface area contributed by atoms with Crippen molar-refractivity contribution in [2.24, 2.45) is 0 Å². The lowest BCUT2D eigenvalue weighted by atomic mass is 10.2. The van der Waals surface area contributed by atoms with Crippen LogP contribution >= 0.6 is 0 Å². The van der Waals surface area contributed by atoms with E-state index in [1.807, 2.05) is 35.4 Å². The Hall–Kier alpha value is -3.41. The average molecular weight is 387 g/mol. The molecule has 0 bridgehead atoms. The number of hydrogen-bond acceptors (Lipinski definition) is 5. The minimum absolute atomic E-state index is 0.0149. The molecule has 1 aromatic carbocycles. The normalized spacial score (nSPS) is 14.0. The molecule has 6 nitrogen and oxygen atoms in total. The van der Waals surface area contributed by atoms with Crippen LogP contribution < -0.4 is 10.2 Å². The molecule has 1 aliphatic rings. The van der Waals surface area contributed by atoms with Crippen molar-refractivity contribution in [3.63, 3.8) is 0 Å².